The highest BCUT2D eigenvalue weighted by Gasteiger charge is 2.46. The number of benzene rings is 1. The Morgan fingerprint density at radius 3 is 2.35 bits per heavy atom. The second-order valence-corrected chi connectivity index (χ2v) is 16.4. The fourth-order valence-electron chi connectivity index (χ4n) is 6.83. The van der Waals surface area contributed by atoms with Gasteiger partial charge >= 0.3 is 0 Å². The third kappa shape index (κ3) is 8.90. The highest BCUT2D eigenvalue weighted by atomic mass is 35.5. The highest BCUT2D eigenvalue weighted by molar-refractivity contribution is 6.30. The number of aromatic nitrogens is 2. The van der Waals surface area contributed by atoms with Crippen LogP contribution in [0, 0.1) is 28.6 Å². The van der Waals surface area contributed by atoms with Gasteiger partial charge in [-0.1, -0.05) is 84.5 Å². The number of likely N-dealkylation sites (tertiary alicyclic amines) is 1. The van der Waals surface area contributed by atoms with Crippen molar-refractivity contribution in [3.05, 3.63) is 53.5 Å². The average Bonchev–Trinajstić information content (AvgIpc) is 3.61. The number of hydrogen-bond acceptors (Lipinski definition) is 8. The van der Waals surface area contributed by atoms with Crippen LogP contribution in [-0.2, 0) is 14.4 Å². The zero-order valence-corrected chi connectivity index (χ0v) is 29.7. The number of halogens is 1. The van der Waals surface area contributed by atoms with Crippen molar-refractivity contribution in [1.29, 1.82) is 0 Å². The van der Waals surface area contributed by atoms with Crippen LogP contribution in [0.5, 0.6) is 5.88 Å². The van der Waals surface area contributed by atoms with E-state index in [1.54, 1.807) is 29.2 Å². The topological polar surface area (TPSA) is 120 Å². The molecule has 2 aromatic heterocycles. The van der Waals surface area contributed by atoms with Crippen molar-refractivity contribution in [2.24, 2.45) is 28.6 Å². The molecule has 1 unspecified atom stereocenters. The lowest BCUT2D eigenvalue weighted by atomic mass is 9.75. The van der Waals surface area contributed by atoms with Gasteiger partial charge in [-0.25, -0.2) is 9.97 Å². The summed E-state index contributed by atoms with van der Waals surface area (Å²) in [4.78, 5) is 66.2. The molecule has 258 valence electrons. The molecule has 0 bridgehead atoms. The molecule has 48 heavy (non-hydrogen) atoms. The maximum Gasteiger partial charge on any atom is 0.264 e. The summed E-state index contributed by atoms with van der Waals surface area (Å²) in [6.45, 7) is 12.0. The standard InChI is InChI=1S/C38H48ClN3O6/c1-37(2,3)20-26(43)18-28(38(4,5)6)36(46)42-22-27(47-33-15-14-25(39)21-40-33)19-30(42)31(44)17-24(16-23-10-9-11-23)34(45)35-41-29-12-7-8-13-32(29)48-35/h7-8,12-15,21,23-24,27-28,30H,9-11,16-20,22H2,1-6H3/t24?,27-,28-,30+/m1/s1. The molecule has 2 aliphatic rings. The van der Waals surface area contributed by atoms with E-state index in [2.05, 4.69) is 9.97 Å². The van der Waals surface area contributed by atoms with E-state index < -0.39 is 29.4 Å². The van der Waals surface area contributed by atoms with E-state index in [-0.39, 0.29) is 60.4 Å². The van der Waals surface area contributed by atoms with E-state index in [0.717, 1.165) is 19.3 Å². The van der Waals surface area contributed by atoms with E-state index >= 15 is 0 Å². The van der Waals surface area contributed by atoms with Crippen molar-refractivity contribution in [2.45, 2.75) is 105 Å². The Morgan fingerprint density at radius 2 is 1.75 bits per heavy atom. The Balaban J connectivity index is 1.41. The Labute approximate surface area is 288 Å². The lowest BCUT2D eigenvalue weighted by Crippen LogP contribution is -2.48. The zero-order chi connectivity index (χ0) is 34.8. The summed E-state index contributed by atoms with van der Waals surface area (Å²) in [5.41, 5.74) is 0.361. The number of pyridine rings is 1. The molecule has 2 fully saturated rings. The largest absolute Gasteiger partial charge is 0.472 e. The molecule has 5 rings (SSSR count). The lowest BCUT2D eigenvalue weighted by molar-refractivity contribution is -0.146. The molecule has 9 nitrogen and oxygen atoms in total. The number of para-hydroxylation sites is 2. The number of carbonyl (C=O) groups excluding carboxylic acids is 4. The molecule has 1 amide bonds. The molecular weight excluding hydrogens is 630 g/mol. The Morgan fingerprint density at radius 1 is 1.02 bits per heavy atom. The molecule has 0 spiro atoms. The van der Waals surface area contributed by atoms with Gasteiger partial charge in [-0.2, -0.15) is 0 Å². The van der Waals surface area contributed by atoms with Crippen molar-refractivity contribution in [1.82, 2.24) is 14.9 Å². The fourth-order valence-corrected chi connectivity index (χ4v) is 6.95. The van der Waals surface area contributed by atoms with Gasteiger partial charge in [-0.3, -0.25) is 19.2 Å². The summed E-state index contributed by atoms with van der Waals surface area (Å²) in [6, 6.07) is 9.71. The summed E-state index contributed by atoms with van der Waals surface area (Å²) in [5, 5.41) is 0.465. The summed E-state index contributed by atoms with van der Waals surface area (Å²) >= 11 is 6.03. The van der Waals surface area contributed by atoms with E-state index in [4.69, 9.17) is 20.8 Å². The normalized spacial score (nSPS) is 19.9. The van der Waals surface area contributed by atoms with E-state index in [0.29, 0.717) is 40.8 Å². The van der Waals surface area contributed by atoms with Crippen molar-refractivity contribution < 1.29 is 28.3 Å². The number of carbonyl (C=O) groups is 4. The number of fused-ring (bicyclic) bond motifs is 1. The fraction of sp³-hybridized carbons (Fsp3) is 0.579. The lowest BCUT2D eigenvalue weighted by Gasteiger charge is -2.35. The van der Waals surface area contributed by atoms with Crippen molar-refractivity contribution in [3.63, 3.8) is 0 Å². The number of nitrogens with zero attached hydrogens (tertiary/aromatic N) is 3. The van der Waals surface area contributed by atoms with Gasteiger partial charge in [0.15, 0.2) is 11.4 Å². The quantitative estimate of drug-likeness (QED) is 0.167. The summed E-state index contributed by atoms with van der Waals surface area (Å²) in [5.74, 6) is -1.30. The van der Waals surface area contributed by atoms with Gasteiger partial charge < -0.3 is 14.1 Å². The van der Waals surface area contributed by atoms with E-state index in [9.17, 15) is 19.2 Å². The Kier molecular flexibility index (Phi) is 10.8. The van der Waals surface area contributed by atoms with Gasteiger partial charge in [-0.05, 0) is 41.4 Å². The molecule has 1 saturated heterocycles. The van der Waals surface area contributed by atoms with Crippen LogP contribution in [0.1, 0.15) is 104 Å². The Hall–Kier alpha value is -3.59. The number of rotatable bonds is 13. The van der Waals surface area contributed by atoms with E-state index in [1.165, 1.54) is 6.20 Å². The van der Waals surface area contributed by atoms with Crippen molar-refractivity contribution in [2.75, 3.05) is 6.54 Å². The molecule has 3 aromatic rings. The first-order valence-corrected chi connectivity index (χ1v) is 17.5. The molecule has 4 atom stereocenters. The summed E-state index contributed by atoms with van der Waals surface area (Å²) in [7, 11) is 0. The second-order valence-electron chi connectivity index (χ2n) is 15.9. The number of amides is 1. The van der Waals surface area contributed by atoms with Crippen LogP contribution >= 0.6 is 11.6 Å². The van der Waals surface area contributed by atoms with E-state index in [1.807, 2.05) is 53.7 Å². The number of ketones is 3. The van der Waals surface area contributed by atoms with Crippen LogP contribution in [0.25, 0.3) is 11.1 Å². The minimum absolute atomic E-state index is 0.00728. The van der Waals surface area contributed by atoms with Gasteiger partial charge in [0, 0.05) is 49.8 Å². The molecule has 1 aliphatic carbocycles. The molecule has 0 radical (unpaired) electrons. The van der Waals surface area contributed by atoms with Crippen LogP contribution in [0.15, 0.2) is 47.0 Å². The smallest absolute Gasteiger partial charge is 0.264 e. The minimum atomic E-state index is -0.822. The number of oxazole rings is 1. The van der Waals surface area contributed by atoms with Gasteiger partial charge in [0.05, 0.1) is 17.6 Å². The number of ether oxygens (including phenoxy) is 1. The molecular formula is C38H48ClN3O6. The van der Waals surface area contributed by atoms with Crippen LogP contribution < -0.4 is 4.74 Å². The first-order valence-electron chi connectivity index (χ1n) is 17.1. The third-order valence-corrected chi connectivity index (χ3v) is 9.80. The molecule has 0 N–H and O–H groups in total. The monoisotopic (exact) mass is 677 g/mol. The van der Waals surface area contributed by atoms with Gasteiger partial charge in [0.25, 0.3) is 5.89 Å². The zero-order valence-electron chi connectivity index (χ0n) is 29.0. The van der Waals surface area contributed by atoms with Crippen molar-refractivity contribution >= 4 is 46.0 Å². The predicted molar refractivity (Wildman–Crippen MR) is 184 cm³/mol. The maximum absolute atomic E-state index is 14.5. The molecule has 3 heterocycles. The first kappa shape index (κ1) is 35.7. The van der Waals surface area contributed by atoms with Crippen LogP contribution in [-0.4, -0.2) is 56.8 Å². The van der Waals surface area contributed by atoms with Gasteiger partial charge in [-0.15, -0.1) is 0 Å². The van der Waals surface area contributed by atoms with Crippen LogP contribution in [0.2, 0.25) is 5.02 Å². The van der Waals surface area contributed by atoms with Crippen LogP contribution in [0.4, 0.5) is 0 Å². The highest BCUT2D eigenvalue weighted by Crippen LogP contribution is 2.38. The molecule has 1 aromatic carbocycles. The summed E-state index contributed by atoms with van der Waals surface area (Å²) in [6.07, 6.45) is 5.30. The third-order valence-electron chi connectivity index (χ3n) is 9.57. The second kappa shape index (κ2) is 14.5. The first-order chi connectivity index (χ1) is 22.6. The number of hydrogen-bond donors (Lipinski definition) is 0. The van der Waals surface area contributed by atoms with Crippen LogP contribution in [0.3, 0.4) is 0 Å². The molecule has 10 heteroatoms. The van der Waals surface area contributed by atoms with Crippen molar-refractivity contribution in [3.8, 4) is 5.88 Å². The molecule has 1 aliphatic heterocycles. The van der Waals surface area contributed by atoms with Gasteiger partial charge in [0.2, 0.25) is 17.6 Å². The summed E-state index contributed by atoms with van der Waals surface area (Å²) < 4.78 is 12.0. The number of Topliss-reactive ketones (excluding diaryl/α,β-unsaturated/α-hetero) is 3. The SMILES string of the molecule is CC(C)(C)CC(=O)C[C@H](C(=O)N1C[C@H](Oc2ccc(Cl)cn2)C[C@H]1C(=O)CC(CC1CCC1)C(=O)c1nc2ccccc2o1)C(C)(C)C. The maximum atomic E-state index is 14.5. The molecule has 1 saturated carbocycles. The van der Waals surface area contributed by atoms with Gasteiger partial charge in [0.1, 0.15) is 17.4 Å². The average molecular weight is 678 g/mol. The minimum Gasteiger partial charge on any atom is -0.472 e. The predicted octanol–water partition coefficient (Wildman–Crippen LogP) is 7.93. The Bertz CT molecular complexity index is 1600.